The van der Waals surface area contributed by atoms with Gasteiger partial charge < -0.3 is 9.64 Å². The first-order valence-corrected chi connectivity index (χ1v) is 10.9. The second-order valence-corrected chi connectivity index (χ2v) is 8.55. The van der Waals surface area contributed by atoms with Gasteiger partial charge in [-0.1, -0.05) is 31.2 Å². The summed E-state index contributed by atoms with van der Waals surface area (Å²) < 4.78 is 4.77. The molecule has 0 amide bonds. The van der Waals surface area contributed by atoms with Crippen molar-refractivity contribution < 1.29 is 9.53 Å². The van der Waals surface area contributed by atoms with E-state index in [0.717, 1.165) is 30.6 Å². The molecule has 29 heavy (non-hydrogen) atoms. The number of piperazine rings is 1. The van der Waals surface area contributed by atoms with Gasteiger partial charge in [0.25, 0.3) is 0 Å². The van der Waals surface area contributed by atoms with Crippen LogP contribution in [-0.2, 0) is 4.74 Å². The highest BCUT2D eigenvalue weighted by atomic mass is 16.5. The summed E-state index contributed by atoms with van der Waals surface area (Å²) in [5.41, 5.74) is 4.16. The van der Waals surface area contributed by atoms with Crippen molar-refractivity contribution in [1.82, 2.24) is 4.90 Å². The highest BCUT2D eigenvalue weighted by Crippen LogP contribution is 2.29. The molecule has 4 nitrogen and oxygen atoms in total. The van der Waals surface area contributed by atoms with Gasteiger partial charge in [0.05, 0.1) is 12.7 Å². The number of hydrogen-bond donors (Lipinski definition) is 0. The summed E-state index contributed by atoms with van der Waals surface area (Å²) >= 11 is 0. The summed E-state index contributed by atoms with van der Waals surface area (Å²) in [5, 5.41) is 0. The van der Waals surface area contributed by atoms with Crippen molar-refractivity contribution in [3.8, 4) is 11.1 Å². The predicted molar refractivity (Wildman–Crippen MR) is 118 cm³/mol. The van der Waals surface area contributed by atoms with E-state index < -0.39 is 0 Å². The molecule has 4 heteroatoms. The van der Waals surface area contributed by atoms with Crippen LogP contribution in [0, 0.1) is 5.92 Å². The summed E-state index contributed by atoms with van der Waals surface area (Å²) in [7, 11) is 1.41. The van der Waals surface area contributed by atoms with Crippen molar-refractivity contribution in [2.24, 2.45) is 5.92 Å². The molecule has 4 rings (SSSR count). The molecular formula is C25H32N2O2. The average Bonchev–Trinajstić information content (AvgIpc) is 2.79. The number of ether oxygens (including phenoxy) is 1. The first kappa shape index (κ1) is 20.0. The van der Waals surface area contributed by atoms with E-state index in [2.05, 4.69) is 41.0 Å². The van der Waals surface area contributed by atoms with Crippen molar-refractivity contribution in [2.45, 2.75) is 38.6 Å². The second-order valence-electron chi connectivity index (χ2n) is 8.55. The first-order valence-electron chi connectivity index (χ1n) is 10.9. The van der Waals surface area contributed by atoms with Gasteiger partial charge >= 0.3 is 5.97 Å². The highest BCUT2D eigenvalue weighted by molar-refractivity contribution is 5.90. The van der Waals surface area contributed by atoms with Crippen LogP contribution in [0.5, 0.6) is 0 Å². The SMILES string of the molecule is COC(=O)c1ccc(-c2ccc(N3CCN([C@H]4CC[C@@H](C)CC4)CC3)cc2)cc1. The fourth-order valence-electron chi connectivity index (χ4n) is 4.73. The summed E-state index contributed by atoms with van der Waals surface area (Å²) in [6.45, 7) is 6.97. The standard InChI is InChI=1S/C25H32N2O2/c1-19-3-11-23(12-4-19)26-15-17-27(18-16-26)24-13-9-21(10-14-24)20-5-7-22(8-6-20)25(28)29-2/h5-10,13-14,19,23H,3-4,11-12,15-18H2,1-2H3/t19-,23+. The molecule has 1 saturated carbocycles. The third-order valence-electron chi connectivity index (χ3n) is 6.69. The molecule has 1 aliphatic heterocycles. The van der Waals surface area contributed by atoms with Crippen molar-refractivity contribution in [3.63, 3.8) is 0 Å². The normalized spacial score (nSPS) is 23.0. The van der Waals surface area contributed by atoms with E-state index in [0.29, 0.717) is 5.56 Å². The van der Waals surface area contributed by atoms with Crippen LogP contribution < -0.4 is 4.90 Å². The van der Waals surface area contributed by atoms with Gasteiger partial charge in [0, 0.05) is 37.9 Å². The fourth-order valence-corrected chi connectivity index (χ4v) is 4.73. The summed E-state index contributed by atoms with van der Waals surface area (Å²) in [6, 6.07) is 17.2. The number of carbonyl (C=O) groups is 1. The molecule has 0 N–H and O–H groups in total. The first-order chi connectivity index (χ1) is 14.1. The number of carbonyl (C=O) groups excluding carboxylic acids is 1. The smallest absolute Gasteiger partial charge is 0.337 e. The minimum atomic E-state index is -0.297. The van der Waals surface area contributed by atoms with Crippen LogP contribution in [0.1, 0.15) is 43.0 Å². The summed E-state index contributed by atoms with van der Waals surface area (Å²) in [5.74, 6) is 0.622. The van der Waals surface area contributed by atoms with Gasteiger partial charge in [0.15, 0.2) is 0 Å². The molecule has 0 atom stereocenters. The molecule has 1 saturated heterocycles. The Morgan fingerprint density at radius 1 is 0.828 bits per heavy atom. The number of methoxy groups -OCH3 is 1. The van der Waals surface area contributed by atoms with Crippen molar-refractivity contribution in [2.75, 3.05) is 38.2 Å². The molecule has 1 heterocycles. The minimum absolute atomic E-state index is 0.297. The van der Waals surface area contributed by atoms with E-state index in [1.54, 1.807) is 0 Å². The van der Waals surface area contributed by atoms with E-state index in [4.69, 9.17) is 4.74 Å². The van der Waals surface area contributed by atoms with Gasteiger partial charge in [-0.25, -0.2) is 4.79 Å². The third-order valence-corrected chi connectivity index (χ3v) is 6.69. The third kappa shape index (κ3) is 4.64. The van der Waals surface area contributed by atoms with Gasteiger partial charge in [-0.05, 0) is 67.0 Å². The van der Waals surface area contributed by atoms with E-state index in [9.17, 15) is 4.79 Å². The molecule has 2 aromatic rings. The van der Waals surface area contributed by atoms with E-state index in [1.807, 2.05) is 24.3 Å². The fraction of sp³-hybridized carbons (Fsp3) is 0.480. The number of esters is 1. The van der Waals surface area contributed by atoms with Crippen LogP contribution >= 0.6 is 0 Å². The van der Waals surface area contributed by atoms with E-state index >= 15 is 0 Å². The van der Waals surface area contributed by atoms with Crippen LogP contribution in [0.4, 0.5) is 5.69 Å². The summed E-state index contributed by atoms with van der Waals surface area (Å²) in [4.78, 5) is 16.8. The Hall–Kier alpha value is -2.33. The predicted octanol–water partition coefficient (Wildman–Crippen LogP) is 4.84. The lowest BCUT2D eigenvalue weighted by Crippen LogP contribution is -2.51. The van der Waals surface area contributed by atoms with Gasteiger partial charge in [0.2, 0.25) is 0 Å². The Bertz CT molecular complexity index is 800. The molecule has 1 aliphatic carbocycles. The Labute approximate surface area is 174 Å². The number of nitrogens with zero attached hydrogens (tertiary/aromatic N) is 2. The second kappa shape index (κ2) is 9.00. The summed E-state index contributed by atoms with van der Waals surface area (Å²) in [6.07, 6.45) is 5.55. The average molecular weight is 393 g/mol. The Morgan fingerprint density at radius 2 is 1.38 bits per heavy atom. The maximum atomic E-state index is 11.6. The molecule has 2 aliphatic rings. The Balaban J connectivity index is 1.34. The molecule has 0 spiro atoms. The minimum Gasteiger partial charge on any atom is -0.465 e. The lowest BCUT2D eigenvalue weighted by Gasteiger charge is -2.42. The van der Waals surface area contributed by atoms with Gasteiger partial charge in [-0.3, -0.25) is 4.90 Å². The van der Waals surface area contributed by atoms with Crippen LogP contribution in [0.3, 0.4) is 0 Å². The largest absolute Gasteiger partial charge is 0.465 e. The monoisotopic (exact) mass is 392 g/mol. The molecule has 154 valence electrons. The molecule has 0 bridgehead atoms. The van der Waals surface area contributed by atoms with Crippen molar-refractivity contribution in [3.05, 3.63) is 54.1 Å². The Kier molecular flexibility index (Phi) is 6.19. The van der Waals surface area contributed by atoms with Gasteiger partial charge in [-0.2, -0.15) is 0 Å². The van der Waals surface area contributed by atoms with E-state index in [1.165, 1.54) is 57.1 Å². The molecular weight excluding hydrogens is 360 g/mol. The number of rotatable bonds is 4. The quantitative estimate of drug-likeness (QED) is 0.697. The maximum absolute atomic E-state index is 11.6. The topological polar surface area (TPSA) is 32.8 Å². The number of hydrogen-bond acceptors (Lipinski definition) is 4. The zero-order chi connectivity index (χ0) is 20.2. The van der Waals surface area contributed by atoms with Gasteiger partial charge in [-0.15, -0.1) is 0 Å². The van der Waals surface area contributed by atoms with Crippen LogP contribution in [0.25, 0.3) is 11.1 Å². The van der Waals surface area contributed by atoms with Crippen molar-refractivity contribution in [1.29, 1.82) is 0 Å². The molecule has 0 aromatic heterocycles. The molecule has 2 aromatic carbocycles. The van der Waals surface area contributed by atoms with E-state index in [-0.39, 0.29) is 5.97 Å². The number of anilines is 1. The zero-order valence-corrected chi connectivity index (χ0v) is 17.6. The lowest BCUT2D eigenvalue weighted by atomic mass is 9.86. The molecule has 0 unspecified atom stereocenters. The highest BCUT2D eigenvalue weighted by Gasteiger charge is 2.27. The molecule has 0 radical (unpaired) electrons. The van der Waals surface area contributed by atoms with Crippen LogP contribution in [0.15, 0.2) is 48.5 Å². The van der Waals surface area contributed by atoms with Crippen LogP contribution in [-0.4, -0.2) is 50.2 Å². The van der Waals surface area contributed by atoms with Crippen molar-refractivity contribution >= 4 is 11.7 Å². The van der Waals surface area contributed by atoms with Crippen LogP contribution in [0.2, 0.25) is 0 Å². The maximum Gasteiger partial charge on any atom is 0.337 e. The Morgan fingerprint density at radius 3 is 1.93 bits per heavy atom. The number of benzene rings is 2. The lowest BCUT2D eigenvalue weighted by molar-refractivity contribution is 0.0601. The van der Waals surface area contributed by atoms with Gasteiger partial charge in [0.1, 0.15) is 0 Å². The zero-order valence-electron chi connectivity index (χ0n) is 17.6. The molecule has 2 fully saturated rings.